The van der Waals surface area contributed by atoms with Gasteiger partial charge in [-0.05, 0) is 11.0 Å². The standard InChI is InChI=1S/C14H11FN4O3S/c15-9-3-1-2-8-10(4-6-22-11(8)9)16-12-13(19(20)21)18-5-7-23-14(18)17-12/h1-3,5,7,10,16H,4,6H2/t10-/m0/s1. The third kappa shape index (κ3) is 2.20. The molecule has 23 heavy (non-hydrogen) atoms. The Labute approximate surface area is 133 Å². The molecule has 0 radical (unpaired) electrons. The first-order valence-electron chi connectivity index (χ1n) is 6.93. The molecular weight excluding hydrogens is 323 g/mol. The largest absolute Gasteiger partial charge is 0.490 e. The summed E-state index contributed by atoms with van der Waals surface area (Å²) in [6, 6.07) is 4.38. The van der Waals surface area contributed by atoms with Gasteiger partial charge in [0.2, 0.25) is 5.82 Å². The van der Waals surface area contributed by atoms with Crippen molar-refractivity contribution in [3.05, 3.63) is 51.3 Å². The summed E-state index contributed by atoms with van der Waals surface area (Å²) >= 11 is 1.31. The van der Waals surface area contributed by atoms with Crippen molar-refractivity contribution in [2.75, 3.05) is 11.9 Å². The average Bonchev–Trinajstić information content (AvgIpc) is 3.08. The van der Waals surface area contributed by atoms with Crippen LogP contribution in [0.2, 0.25) is 0 Å². The average molecular weight is 334 g/mol. The maximum atomic E-state index is 13.8. The molecule has 0 fully saturated rings. The van der Waals surface area contributed by atoms with E-state index in [2.05, 4.69) is 10.3 Å². The second-order valence-electron chi connectivity index (χ2n) is 5.09. The maximum Gasteiger partial charge on any atom is 0.372 e. The number of benzene rings is 1. The zero-order chi connectivity index (χ0) is 16.0. The number of hydrogen-bond acceptors (Lipinski definition) is 6. The van der Waals surface area contributed by atoms with Gasteiger partial charge in [0.25, 0.3) is 4.96 Å². The van der Waals surface area contributed by atoms with Crippen LogP contribution in [-0.2, 0) is 0 Å². The Kier molecular flexibility index (Phi) is 3.15. The molecule has 0 saturated carbocycles. The summed E-state index contributed by atoms with van der Waals surface area (Å²) in [7, 11) is 0. The third-order valence-corrected chi connectivity index (χ3v) is 4.50. The van der Waals surface area contributed by atoms with Crippen LogP contribution in [0.3, 0.4) is 0 Å². The number of anilines is 1. The number of para-hydroxylation sites is 1. The highest BCUT2D eigenvalue weighted by Gasteiger charge is 2.29. The van der Waals surface area contributed by atoms with Gasteiger partial charge in [-0.2, -0.15) is 9.38 Å². The molecule has 1 aliphatic heterocycles. The zero-order valence-corrected chi connectivity index (χ0v) is 12.5. The zero-order valence-electron chi connectivity index (χ0n) is 11.7. The van der Waals surface area contributed by atoms with Gasteiger partial charge in [-0.3, -0.25) is 0 Å². The monoisotopic (exact) mass is 334 g/mol. The fourth-order valence-electron chi connectivity index (χ4n) is 2.75. The molecule has 118 valence electrons. The summed E-state index contributed by atoms with van der Waals surface area (Å²) in [6.45, 7) is 0.335. The highest BCUT2D eigenvalue weighted by atomic mass is 32.1. The summed E-state index contributed by atoms with van der Waals surface area (Å²) in [5.74, 6) is -0.177. The predicted molar refractivity (Wildman–Crippen MR) is 82.6 cm³/mol. The van der Waals surface area contributed by atoms with E-state index in [4.69, 9.17) is 4.74 Å². The number of ether oxygens (including phenoxy) is 1. The minimum atomic E-state index is -0.471. The van der Waals surface area contributed by atoms with Gasteiger partial charge < -0.3 is 20.2 Å². The van der Waals surface area contributed by atoms with Crippen LogP contribution in [-0.4, -0.2) is 20.9 Å². The number of nitrogens with one attached hydrogen (secondary N) is 1. The van der Waals surface area contributed by atoms with Gasteiger partial charge in [0, 0.05) is 17.4 Å². The van der Waals surface area contributed by atoms with Gasteiger partial charge in [0.1, 0.15) is 6.20 Å². The number of thiazole rings is 1. The molecule has 1 atom stereocenters. The number of rotatable bonds is 3. The van der Waals surface area contributed by atoms with Gasteiger partial charge in [-0.1, -0.05) is 23.5 Å². The molecule has 0 aliphatic carbocycles. The molecule has 0 bridgehead atoms. The van der Waals surface area contributed by atoms with Gasteiger partial charge in [0.15, 0.2) is 11.6 Å². The first-order chi connectivity index (χ1) is 11.1. The molecule has 9 heteroatoms. The SMILES string of the molecule is O=[N+]([O-])c1c(N[C@H]2CCOc3c(F)cccc32)nc2sccn12. The number of aromatic nitrogens is 2. The van der Waals surface area contributed by atoms with E-state index in [0.717, 1.165) is 0 Å². The van der Waals surface area contributed by atoms with E-state index in [1.165, 1.54) is 21.8 Å². The lowest BCUT2D eigenvalue weighted by Crippen LogP contribution is -2.21. The van der Waals surface area contributed by atoms with Crippen molar-refractivity contribution in [2.45, 2.75) is 12.5 Å². The summed E-state index contributed by atoms with van der Waals surface area (Å²) in [5.41, 5.74) is 0.641. The topological polar surface area (TPSA) is 81.7 Å². The van der Waals surface area contributed by atoms with Gasteiger partial charge in [-0.15, -0.1) is 0 Å². The number of halogens is 1. The van der Waals surface area contributed by atoms with E-state index in [9.17, 15) is 14.5 Å². The maximum absolute atomic E-state index is 13.8. The minimum absolute atomic E-state index is 0.120. The highest BCUT2D eigenvalue weighted by molar-refractivity contribution is 7.15. The molecule has 1 N–H and O–H groups in total. The van der Waals surface area contributed by atoms with Crippen molar-refractivity contribution in [1.82, 2.24) is 9.38 Å². The number of nitro groups is 1. The molecule has 7 nitrogen and oxygen atoms in total. The summed E-state index contributed by atoms with van der Waals surface area (Å²) in [5, 5.41) is 16.2. The third-order valence-electron chi connectivity index (χ3n) is 3.75. The number of fused-ring (bicyclic) bond motifs is 2. The number of nitrogens with zero attached hydrogens (tertiary/aromatic N) is 3. The fraction of sp³-hybridized carbons (Fsp3) is 0.214. The van der Waals surface area contributed by atoms with Crippen LogP contribution in [0.15, 0.2) is 29.8 Å². The van der Waals surface area contributed by atoms with E-state index >= 15 is 0 Å². The van der Waals surface area contributed by atoms with E-state index in [0.29, 0.717) is 23.6 Å². The minimum Gasteiger partial charge on any atom is -0.490 e. The molecule has 0 unspecified atom stereocenters. The second kappa shape index (κ2) is 5.20. The van der Waals surface area contributed by atoms with Crippen LogP contribution in [0, 0.1) is 15.9 Å². The van der Waals surface area contributed by atoms with Crippen molar-refractivity contribution < 1.29 is 14.1 Å². The fourth-order valence-corrected chi connectivity index (χ4v) is 3.46. The Bertz CT molecular complexity index is 907. The van der Waals surface area contributed by atoms with Gasteiger partial charge in [-0.25, -0.2) is 4.39 Å². The summed E-state index contributed by atoms with van der Waals surface area (Å²) < 4.78 is 20.6. The summed E-state index contributed by atoms with van der Waals surface area (Å²) in [6.07, 6.45) is 2.17. The van der Waals surface area contributed by atoms with Crippen molar-refractivity contribution in [1.29, 1.82) is 0 Å². The first-order valence-corrected chi connectivity index (χ1v) is 7.81. The van der Waals surface area contributed by atoms with Crippen molar-refractivity contribution in [3.8, 4) is 5.75 Å². The molecule has 4 rings (SSSR count). The highest BCUT2D eigenvalue weighted by Crippen LogP contribution is 2.38. The molecule has 0 amide bonds. The first kappa shape index (κ1) is 13.9. The lowest BCUT2D eigenvalue weighted by molar-refractivity contribution is -0.389. The normalized spacial score (nSPS) is 16.8. The lowest BCUT2D eigenvalue weighted by atomic mass is 10.0. The molecule has 0 spiro atoms. The Morgan fingerprint density at radius 1 is 1.52 bits per heavy atom. The van der Waals surface area contributed by atoms with Crippen LogP contribution in [0.5, 0.6) is 5.75 Å². The summed E-state index contributed by atoms with van der Waals surface area (Å²) in [4.78, 5) is 15.7. The molecule has 3 heterocycles. The van der Waals surface area contributed by atoms with E-state index in [1.54, 1.807) is 23.7 Å². The van der Waals surface area contributed by atoms with Crippen LogP contribution >= 0.6 is 11.3 Å². The molecule has 3 aromatic rings. The van der Waals surface area contributed by atoms with Crippen molar-refractivity contribution in [2.24, 2.45) is 0 Å². The Morgan fingerprint density at radius 2 is 2.39 bits per heavy atom. The Morgan fingerprint density at radius 3 is 3.22 bits per heavy atom. The molecule has 1 aliphatic rings. The van der Waals surface area contributed by atoms with E-state index < -0.39 is 10.7 Å². The lowest BCUT2D eigenvalue weighted by Gasteiger charge is -2.26. The van der Waals surface area contributed by atoms with Crippen LogP contribution < -0.4 is 10.1 Å². The molecule has 0 saturated heterocycles. The number of hydrogen-bond donors (Lipinski definition) is 1. The van der Waals surface area contributed by atoms with E-state index in [-0.39, 0.29) is 23.4 Å². The van der Waals surface area contributed by atoms with Crippen LogP contribution in [0.1, 0.15) is 18.0 Å². The molecule has 2 aromatic heterocycles. The number of imidazole rings is 1. The molecule has 1 aromatic carbocycles. The van der Waals surface area contributed by atoms with Crippen molar-refractivity contribution in [3.63, 3.8) is 0 Å². The van der Waals surface area contributed by atoms with Gasteiger partial charge >= 0.3 is 5.82 Å². The quantitative estimate of drug-likeness (QED) is 0.586. The smallest absolute Gasteiger partial charge is 0.372 e. The van der Waals surface area contributed by atoms with Crippen molar-refractivity contribution >= 4 is 27.9 Å². The predicted octanol–water partition coefficient (Wildman–Crippen LogP) is 3.38. The van der Waals surface area contributed by atoms with Crippen LogP contribution in [0.4, 0.5) is 16.0 Å². The molecular formula is C14H11FN4O3S. The Hall–Kier alpha value is -2.68. The van der Waals surface area contributed by atoms with E-state index in [1.807, 2.05) is 0 Å². The second-order valence-corrected chi connectivity index (χ2v) is 5.96. The Balaban J connectivity index is 1.75. The van der Waals surface area contributed by atoms with Crippen LogP contribution in [0.25, 0.3) is 4.96 Å². The van der Waals surface area contributed by atoms with Gasteiger partial charge in [0.05, 0.1) is 12.6 Å².